The molecule has 2 atom stereocenters. The van der Waals surface area contributed by atoms with E-state index in [1.807, 2.05) is 0 Å². The van der Waals surface area contributed by atoms with Gasteiger partial charge in [0.05, 0.1) is 11.4 Å². The van der Waals surface area contributed by atoms with Crippen LogP contribution >= 0.6 is 12.6 Å². The molecule has 0 fully saturated rings. The summed E-state index contributed by atoms with van der Waals surface area (Å²) in [5, 5.41) is 8.89. The van der Waals surface area contributed by atoms with Gasteiger partial charge in [-0.3, -0.25) is 0 Å². The van der Waals surface area contributed by atoms with Gasteiger partial charge in [-0.2, -0.15) is 12.6 Å². The number of rotatable bonds is 0. The van der Waals surface area contributed by atoms with E-state index in [0.717, 1.165) is 12.8 Å². The molecular formula is C6H8OS. The Morgan fingerprint density at radius 1 is 1.62 bits per heavy atom. The lowest BCUT2D eigenvalue weighted by Crippen LogP contribution is -2.21. The second kappa shape index (κ2) is 2.43. The van der Waals surface area contributed by atoms with Gasteiger partial charge in [-0.25, -0.2) is 0 Å². The number of thiol groups is 1. The van der Waals surface area contributed by atoms with Crippen molar-refractivity contribution in [2.24, 2.45) is 0 Å². The van der Waals surface area contributed by atoms with Crippen molar-refractivity contribution >= 4 is 12.6 Å². The Morgan fingerprint density at radius 2 is 2.38 bits per heavy atom. The zero-order valence-electron chi connectivity index (χ0n) is 4.46. The van der Waals surface area contributed by atoms with Crippen LogP contribution in [0.3, 0.4) is 0 Å². The van der Waals surface area contributed by atoms with E-state index in [-0.39, 0.29) is 11.4 Å². The van der Waals surface area contributed by atoms with Gasteiger partial charge in [0.25, 0.3) is 0 Å². The molecule has 0 aromatic rings. The van der Waals surface area contributed by atoms with Gasteiger partial charge in [-0.05, 0) is 6.42 Å². The molecule has 0 bridgehead atoms. The molecule has 44 valence electrons. The molecule has 1 aliphatic rings. The van der Waals surface area contributed by atoms with Gasteiger partial charge in [0.15, 0.2) is 0 Å². The first kappa shape index (κ1) is 6.00. The molecule has 2 heteroatoms. The first-order valence-corrected chi connectivity index (χ1v) is 3.17. The van der Waals surface area contributed by atoms with Gasteiger partial charge in [-0.1, -0.05) is 5.92 Å². The van der Waals surface area contributed by atoms with Crippen molar-refractivity contribution in [3.63, 3.8) is 0 Å². The minimum Gasteiger partial charge on any atom is -0.391 e. The van der Waals surface area contributed by atoms with Crippen LogP contribution in [-0.2, 0) is 0 Å². The molecule has 0 aromatic heterocycles. The van der Waals surface area contributed by atoms with Crippen molar-refractivity contribution in [3.8, 4) is 11.8 Å². The van der Waals surface area contributed by atoms with Crippen LogP contribution in [0.4, 0.5) is 0 Å². The van der Waals surface area contributed by atoms with Crippen molar-refractivity contribution < 1.29 is 5.11 Å². The van der Waals surface area contributed by atoms with E-state index >= 15 is 0 Å². The maximum atomic E-state index is 9.00. The lowest BCUT2D eigenvalue weighted by Gasteiger charge is -2.13. The van der Waals surface area contributed by atoms with Crippen LogP contribution in [0.5, 0.6) is 0 Å². The predicted octanol–water partition coefficient (Wildman–Crippen LogP) is 0.443. The van der Waals surface area contributed by atoms with Crippen LogP contribution < -0.4 is 0 Å². The third-order valence-electron chi connectivity index (χ3n) is 1.18. The molecule has 0 aliphatic heterocycles. The number of aliphatic hydroxyl groups excluding tert-OH is 1. The molecule has 0 spiro atoms. The molecule has 1 rings (SSSR count). The molecule has 1 nitrogen and oxygen atoms in total. The van der Waals surface area contributed by atoms with Crippen molar-refractivity contribution in [2.75, 3.05) is 0 Å². The lowest BCUT2D eigenvalue weighted by molar-refractivity contribution is 0.174. The van der Waals surface area contributed by atoms with E-state index < -0.39 is 0 Å². The van der Waals surface area contributed by atoms with E-state index in [1.165, 1.54) is 0 Å². The van der Waals surface area contributed by atoms with Crippen LogP contribution in [0.15, 0.2) is 0 Å². The van der Waals surface area contributed by atoms with Crippen molar-refractivity contribution in [1.82, 2.24) is 0 Å². The maximum absolute atomic E-state index is 9.00. The molecule has 0 saturated heterocycles. The number of aliphatic hydroxyl groups is 1. The molecule has 0 saturated carbocycles. The van der Waals surface area contributed by atoms with Gasteiger partial charge < -0.3 is 5.11 Å². The highest BCUT2D eigenvalue weighted by Crippen LogP contribution is 2.10. The minimum absolute atomic E-state index is 0.108. The average Bonchev–Trinajstić information content (AvgIpc) is 1.77. The van der Waals surface area contributed by atoms with Crippen LogP contribution in [0.25, 0.3) is 0 Å². The SMILES string of the molecule is OC1CCC#CC1S. The Hall–Kier alpha value is -0.130. The Kier molecular flexibility index (Phi) is 1.82. The summed E-state index contributed by atoms with van der Waals surface area (Å²) in [5.41, 5.74) is 0. The normalized spacial score (nSPS) is 35.8. The fourth-order valence-electron chi connectivity index (χ4n) is 0.651. The third-order valence-corrected chi connectivity index (χ3v) is 1.65. The highest BCUT2D eigenvalue weighted by Gasteiger charge is 2.13. The molecule has 0 radical (unpaired) electrons. The minimum atomic E-state index is -0.306. The quantitative estimate of drug-likeness (QED) is 0.358. The van der Waals surface area contributed by atoms with Gasteiger partial charge in [-0.15, -0.1) is 5.92 Å². The highest BCUT2D eigenvalue weighted by atomic mass is 32.1. The standard InChI is InChI=1S/C6H8OS/c7-5-3-1-2-4-6(5)8/h5-8H,1,3H2. The smallest absolute Gasteiger partial charge is 0.0886 e. The maximum Gasteiger partial charge on any atom is 0.0886 e. The van der Waals surface area contributed by atoms with Crippen LogP contribution in [0, 0.1) is 11.8 Å². The average molecular weight is 128 g/mol. The lowest BCUT2D eigenvalue weighted by atomic mass is 10.1. The number of hydrogen-bond donors (Lipinski definition) is 2. The van der Waals surface area contributed by atoms with E-state index in [0.29, 0.717) is 0 Å². The molecule has 1 aliphatic carbocycles. The van der Waals surface area contributed by atoms with Crippen LogP contribution in [0.2, 0.25) is 0 Å². The first-order valence-electron chi connectivity index (χ1n) is 2.65. The molecule has 0 heterocycles. The van der Waals surface area contributed by atoms with Gasteiger partial charge in [0.2, 0.25) is 0 Å². The van der Waals surface area contributed by atoms with Crippen molar-refractivity contribution in [2.45, 2.75) is 24.2 Å². The summed E-state index contributed by atoms with van der Waals surface area (Å²) < 4.78 is 0. The van der Waals surface area contributed by atoms with Crippen molar-refractivity contribution in [3.05, 3.63) is 0 Å². The third kappa shape index (κ3) is 1.18. The summed E-state index contributed by atoms with van der Waals surface area (Å²) in [6.45, 7) is 0. The summed E-state index contributed by atoms with van der Waals surface area (Å²) in [6.07, 6.45) is 1.29. The Morgan fingerprint density at radius 3 is 2.75 bits per heavy atom. The number of hydrogen-bond acceptors (Lipinski definition) is 2. The van der Waals surface area contributed by atoms with E-state index in [4.69, 9.17) is 5.11 Å². The Bertz CT molecular complexity index is 133. The summed E-state index contributed by atoms with van der Waals surface area (Å²) in [4.78, 5) is 0. The molecular weight excluding hydrogens is 120 g/mol. The van der Waals surface area contributed by atoms with Gasteiger partial charge in [0.1, 0.15) is 0 Å². The summed E-state index contributed by atoms with van der Waals surface area (Å²) >= 11 is 4.03. The van der Waals surface area contributed by atoms with Gasteiger partial charge in [0, 0.05) is 6.42 Å². The fraction of sp³-hybridized carbons (Fsp3) is 0.667. The van der Waals surface area contributed by atoms with E-state index in [9.17, 15) is 0 Å². The second-order valence-electron chi connectivity index (χ2n) is 1.87. The zero-order valence-corrected chi connectivity index (χ0v) is 5.36. The monoisotopic (exact) mass is 128 g/mol. The first-order chi connectivity index (χ1) is 3.80. The second-order valence-corrected chi connectivity index (χ2v) is 2.43. The Balaban J connectivity index is 2.55. The highest BCUT2D eigenvalue weighted by molar-refractivity contribution is 7.81. The predicted molar refractivity (Wildman–Crippen MR) is 35.8 cm³/mol. The molecule has 1 N–H and O–H groups in total. The summed E-state index contributed by atoms with van der Waals surface area (Å²) in [5.74, 6) is 5.67. The van der Waals surface area contributed by atoms with Crippen LogP contribution in [0.1, 0.15) is 12.8 Å². The topological polar surface area (TPSA) is 20.2 Å². The van der Waals surface area contributed by atoms with Crippen molar-refractivity contribution in [1.29, 1.82) is 0 Å². The largest absolute Gasteiger partial charge is 0.391 e. The zero-order chi connectivity index (χ0) is 5.98. The Labute approximate surface area is 54.5 Å². The van der Waals surface area contributed by atoms with E-state index in [1.54, 1.807) is 0 Å². The molecule has 0 aromatic carbocycles. The van der Waals surface area contributed by atoms with E-state index in [2.05, 4.69) is 24.5 Å². The fourth-order valence-corrected chi connectivity index (χ4v) is 0.891. The summed E-state index contributed by atoms with van der Waals surface area (Å²) in [6, 6.07) is 0. The van der Waals surface area contributed by atoms with Crippen LogP contribution in [-0.4, -0.2) is 16.5 Å². The molecule has 2 unspecified atom stereocenters. The van der Waals surface area contributed by atoms with Gasteiger partial charge >= 0.3 is 0 Å². The summed E-state index contributed by atoms with van der Waals surface area (Å²) in [7, 11) is 0. The molecule has 0 amide bonds. The molecule has 8 heavy (non-hydrogen) atoms.